The van der Waals surface area contributed by atoms with Gasteiger partial charge in [-0.15, -0.1) is 0 Å². The van der Waals surface area contributed by atoms with Crippen LogP contribution in [0.3, 0.4) is 0 Å². The topological polar surface area (TPSA) is 0 Å². The molecule has 0 aliphatic heterocycles. The summed E-state index contributed by atoms with van der Waals surface area (Å²) in [6, 6.07) is 30.2. The van der Waals surface area contributed by atoms with Crippen LogP contribution in [0.1, 0.15) is 22.3 Å². The molecule has 0 N–H and O–H groups in total. The molecule has 0 saturated carbocycles. The van der Waals surface area contributed by atoms with E-state index in [0.717, 1.165) is 0 Å². The summed E-state index contributed by atoms with van der Waals surface area (Å²) in [4.78, 5) is 0. The Labute approximate surface area is 127 Å². The fourth-order valence-corrected chi connectivity index (χ4v) is 3.15. The number of hydrogen-bond donors (Lipinski definition) is 0. The lowest BCUT2D eigenvalue weighted by atomic mass is 9.55. The van der Waals surface area contributed by atoms with E-state index in [2.05, 4.69) is 99.7 Å². The third kappa shape index (κ3) is 2.40. The lowest BCUT2D eigenvalue weighted by Crippen LogP contribution is -2.30. The molecule has 0 unspecified atom stereocenters. The molecule has 0 aliphatic rings. The Morgan fingerprint density at radius 1 is 0.619 bits per heavy atom. The highest BCUT2D eigenvalue weighted by atomic mass is 14.3. The van der Waals surface area contributed by atoms with Crippen LogP contribution in [-0.4, -0.2) is 7.85 Å². The van der Waals surface area contributed by atoms with Gasteiger partial charge in [0.05, 0.1) is 0 Å². The zero-order chi connectivity index (χ0) is 14.7. The molecule has 3 aromatic carbocycles. The van der Waals surface area contributed by atoms with E-state index in [-0.39, 0.29) is 5.31 Å². The summed E-state index contributed by atoms with van der Waals surface area (Å²) in [6.07, 6.45) is 0. The highest BCUT2D eigenvalue weighted by Crippen LogP contribution is 2.37. The van der Waals surface area contributed by atoms with Gasteiger partial charge < -0.3 is 0 Å². The fourth-order valence-electron chi connectivity index (χ4n) is 3.15. The van der Waals surface area contributed by atoms with Crippen LogP contribution >= 0.6 is 0 Å². The third-order valence-corrected chi connectivity index (χ3v) is 4.39. The molecule has 0 heterocycles. The average Bonchev–Trinajstić information content (AvgIpc) is 2.56. The lowest BCUT2D eigenvalue weighted by Gasteiger charge is -2.33. The van der Waals surface area contributed by atoms with Gasteiger partial charge in [0.2, 0.25) is 0 Å². The molecule has 3 aromatic rings. The van der Waals surface area contributed by atoms with Gasteiger partial charge in [-0.3, -0.25) is 0 Å². The second-order valence-electron chi connectivity index (χ2n) is 5.67. The first-order valence-corrected chi connectivity index (χ1v) is 7.40. The first-order valence-electron chi connectivity index (χ1n) is 7.40. The van der Waals surface area contributed by atoms with Crippen molar-refractivity contribution < 1.29 is 0 Å². The summed E-state index contributed by atoms with van der Waals surface area (Å²) in [5.41, 5.74) is 5.34. The second kappa shape index (κ2) is 5.61. The molecule has 102 valence electrons. The minimum atomic E-state index is -0.131. The van der Waals surface area contributed by atoms with E-state index in [1.165, 1.54) is 22.3 Å². The van der Waals surface area contributed by atoms with Crippen LogP contribution in [0, 0.1) is 6.92 Å². The summed E-state index contributed by atoms with van der Waals surface area (Å²) >= 11 is 0. The van der Waals surface area contributed by atoms with Crippen molar-refractivity contribution in [3.63, 3.8) is 0 Å². The van der Waals surface area contributed by atoms with Crippen LogP contribution in [0.4, 0.5) is 0 Å². The highest BCUT2D eigenvalue weighted by Gasteiger charge is 2.31. The summed E-state index contributed by atoms with van der Waals surface area (Å²) in [6.45, 7) is 2.19. The molecular formula is C20H19B. The van der Waals surface area contributed by atoms with E-state index in [0.29, 0.717) is 0 Å². The first kappa shape index (κ1) is 13.7. The maximum atomic E-state index is 2.32. The van der Waals surface area contributed by atoms with E-state index < -0.39 is 0 Å². The Balaban J connectivity index is 2.29. The van der Waals surface area contributed by atoms with Crippen molar-refractivity contribution in [2.75, 3.05) is 0 Å². The van der Waals surface area contributed by atoms with Gasteiger partial charge in [-0.25, -0.2) is 0 Å². The number of rotatable bonds is 3. The Kier molecular flexibility index (Phi) is 3.66. The molecule has 0 spiro atoms. The fraction of sp³-hybridized carbons (Fsp3) is 0.100. The molecule has 3 rings (SSSR count). The van der Waals surface area contributed by atoms with Crippen molar-refractivity contribution in [2.45, 2.75) is 12.2 Å². The summed E-state index contributed by atoms with van der Waals surface area (Å²) < 4.78 is 0. The quantitative estimate of drug-likeness (QED) is 0.500. The normalized spacial score (nSPS) is 11.3. The molecule has 0 saturated heterocycles. The third-order valence-electron chi connectivity index (χ3n) is 4.39. The van der Waals surface area contributed by atoms with Crippen LogP contribution in [0.5, 0.6) is 0 Å². The Bertz CT molecular complexity index is 678. The largest absolute Gasteiger partial charge is 0.126 e. The smallest absolute Gasteiger partial charge is 0.0622 e. The van der Waals surface area contributed by atoms with Crippen molar-refractivity contribution >= 4 is 7.85 Å². The monoisotopic (exact) mass is 270 g/mol. The lowest BCUT2D eigenvalue weighted by molar-refractivity contribution is 0.867. The average molecular weight is 270 g/mol. The number of hydrogen-bond acceptors (Lipinski definition) is 0. The molecule has 0 bridgehead atoms. The van der Waals surface area contributed by atoms with Crippen LogP contribution in [0.15, 0.2) is 84.9 Å². The Hall–Kier alpha value is -2.28. The van der Waals surface area contributed by atoms with Crippen LogP contribution in [0.25, 0.3) is 0 Å². The second-order valence-corrected chi connectivity index (χ2v) is 5.67. The van der Waals surface area contributed by atoms with Gasteiger partial charge in [0.25, 0.3) is 0 Å². The standard InChI is InChI=1S/C20H19B/c1-16-10-8-9-15-19(16)20(21,17-11-4-2-5-12-17)18-13-6-3-7-14-18/h2-15H,21H2,1H3. The van der Waals surface area contributed by atoms with Gasteiger partial charge in [-0.2, -0.15) is 0 Å². The van der Waals surface area contributed by atoms with E-state index in [1.54, 1.807) is 0 Å². The SMILES string of the molecule is BC(c1ccccc1)(c1ccccc1)c1ccccc1C. The zero-order valence-electron chi connectivity index (χ0n) is 12.6. The maximum Gasteiger partial charge on any atom is 0.126 e. The summed E-state index contributed by atoms with van der Waals surface area (Å²) in [5, 5.41) is -0.131. The minimum absolute atomic E-state index is 0.131. The van der Waals surface area contributed by atoms with Crippen molar-refractivity contribution in [3.8, 4) is 0 Å². The number of aryl methyl sites for hydroxylation is 1. The van der Waals surface area contributed by atoms with Gasteiger partial charge in [-0.1, -0.05) is 84.9 Å². The molecule has 21 heavy (non-hydrogen) atoms. The van der Waals surface area contributed by atoms with E-state index in [9.17, 15) is 0 Å². The highest BCUT2D eigenvalue weighted by molar-refractivity contribution is 6.20. The molecule has 0 atom stereocenters. The zero-order valence-corrected chi connectivity index (χ0v) is 12.6. The van der Waals surface area contributed by atoms with Gasteiger partial charge in [-0.05, 0) is 29.2 Å². The molecule has 0 amide bonds. The van der Waals surface area contributed by atoms with Gasteiger partial charge in [0, 0.05) is 5.31 Å². The van der Waals surface area contributed by atoms with E-state index in [4.69, 9.17) is 0 Å². The number of benzene rings is 3. The molecular weight excluding hydrogens is 251 g/mol. The predicted octanol–water partition coefficient (Wildman–Crippen LogP) is 3.92. The van der Waals surface area contributed by atoms with E-state index >= 15 is 0 Å². The van der Waals surface area contributed by atoms with Crippen molar-refractivity contribution in [2.24, 2.45) is 0 Å². The van der Waals surface area contributed by atoms with Crippen molar-refractivity contribution in [1.29, 1.82) is 0 Å². The molecule has 0 nitrogen and oxygen atoms in total. The molecule has 0 aliphatic carbocycles. The van der Waals surface area contributed by atoms with Crippen LogP contribution < -0.4 is 0 Å². The minimum Gasteiger partial charge on any atom is -0.0622 e. The van der Waals surface area contributed by atoms with Crippen molar-refractivity contribution in [3.05, 3.63) is 107 Å². The Morgan fingerprint density at radius 3 is 1.52 bits per heavy atom. The molecule has 0 aromatic heterocycles. The van der Waals surface area contributed by atoms with Crippen molar-refractivity contribution in [1.82, 2.24) is 0 Å². The summed E-state index contributed by atoms with van der Waals surface area (Å²) in [5.74, 6) is 0. The predicted molar refractivity (Wildman–Crippen MR) is 92.5 cm³/mol. The Morgan fingerprint density at radius 2 is 1.05 bits per heavy atom. The molecule has 1 heteroatoms. The molecule has 0 radical (unpaired) electrons. The van der Waals surface area contributed by atoms with Gasteiger partial charge >= 0.3 is 0 Å². The summed E-state index contributed by atoms with van der Waals surface area (Å²) in [7, 11) is 2.32. The molecule has 0 fully saturated rings. The first-order chi connectivity index (χ1) is 10.2. The maximum absolute atomic E-state index is 2.32. The van der Waals surface area contributed by atoms with Crippen LogP contribution in [0.2, 0.25) is 0 Å². The van der Waals surface area contributed by atoms with Gasteiger partial charge in [0.15, 0.2) is 0 Å². The van der Waals surface area contributed by atoms with Crippen LogP contribution in [-0.2, 0) is 5.31 Å². The van der Waals surface area contributed by atoms with Gasteiger partial charge in [0.1, 0.15) is 7.85 Å². The van der Waals surface area contributed by atoms with E-state index in [1.807, 2.05) is 0 Å².